The van der Waals surface area contributed by atoms with Gasteiger partial charge >= 0.3 is 6.18 Å². The van der Waals surface area contributed by atoms with Gasteiger partial charge in [-0.25, -0.2) is 0 Å². The van der Waals surface area contributed by atoms with Gasteiger partial charge in [0.1, 0.15) is 0 Å². The molecule has 0 spiro atoms. The normalized spacial score (nSPS) is 15.4. The van der Waals surface area contributed by atoms with Crippen molar-refractivity contribution in [3.05, 3.63) is 35.4 Å². The van der Waals surface area contributed by atoms with Crippen LogP contribution in [0.1, 0.15) is 30.6 Å². The first-order valence-electron chi connectivity index (χ1n) is 5.70. The molecule has 1 aromatic rings. The minimum atomic E-state index is -4.38. The Morgan fingerprint density at radius 1 is 1.33 bits per heavy atom. The fourth-order valence-electron chi connectivity index (χ4n) is 1.69. The molecular formula is C13H17F3O2. The average molecular weight is 262 g/mol. The van der Waals surface area contributed by atoms with Gasteiger partial charge in [-0.2, -0.15) is 13.2 Å². The number of hydrogen-bond acceptors (Lipinski definition) is 2. The summed E-state index contributed by atoms with van der Waals surface area (Å²) in [7, 11) is 1.55. The third-order valence-electron chi connectivity index (χ3n) is 2.87. The molecule has 0 aliphatic heterocycles. The van der Waals surface area contributed by atoms with Crippen LogP contribution < -0.4 is 0 Å². The van der Waals surface area contributed by atoms with Crippen molar-refractivity contribution in [2.45, 2.75) is 25.6 Å². The average Bonchev–Trinajstić information content (AvgIpc) is 2.34. The Hall–Kier alpha value is -1.07. The standard InChI is InChI=1S/C13H17F3O2/c1-9(6-7-18-2)12(17)10-4-3-5-11(8-10)13(14,15)16/h3-5,8-9,12,17H,6-7H2,1-2H3. The molecule has 102 valence electrons. The SMILES string of the molecule is COCCC(C)C(O)c1cccc(C(F)(F)F)c1. The van der Waals surface area contributed by atoms with Crippen molar-refractivity contribution in [1.82, 2.24) is 0 Å². The van der Waals surface area contributed by atoms with E-state index >= 15 is 0 Å². The molecule has 18 heavy (non-hydrogen) atoms. The summed E-state index contributed by atoms with van der Waals surface area (Å²) >= 11 is 0. The lowest BCUT2D eigenvalue weighted by molar-refractivity contribution is -0.137. The smallest absolute Gasteiger partial charge is 0.388 e. The number of hydrogen-bond donors (Lipinski definition) is 1. The number of rotatable bonds is 5. The summed E-state index contributed by atoms with van der Waals surface area (Å²) in [5.41, 5.74) is -0.452. The van der Waals surface area contributed by atoms with Crippen molar-refractivity contribution in [2.24, 2.45) is 5.92 Å². The van der Waals surface area contributed by atoms with Crippen LogP contribution in [0.25, 0.3) is 0 Å². The molecule has 2 nitrogen and oxygen atoms in total. The van der Waals surface area contributed by atoms with Crippen molar-refractivity contribution in [1.29, 1.82) is 0 Å². The largest absolute Gasteiger partial charge is 0.416 e. The van der Waals surface area contributed by atoms with Crippen LogP contribution in [0, 0.1) is 5.92 Å². The lowest BCUT2D eigenvalue weighted by Crippen LogP contribution is -2.13. The van der Waals surface area contributed by atoms with Gasteiger partial charge in [0.25, 0.3) is 0 Å². The van der Waals surface area contributed by atoms with E-state index in [0.29, 0.717) is 13.0 Å². The molecule has 5 heteroatoms. The summed E-state index contributed by atoms with van der Waals surface area (Å²) in [6.07, 6.45) is -4.71. The highest BCUT2D eigenvalue weighted by atomic mass is 19.4. The van der Waals surface area contributed by atoms with Crippen LogP contribution in [-0.2, 0) is 10.9 Å². The van der Waals surface area contributed by atoms with Crippen molar-refractivity contribution >= 4 is 0 Å². The topological polar surface area (TPSA) is 29.5 Å². The third-order valence-corrected chi connectivity index (χ3v) is 2.87. The van der Waals surface area contributed by atoms with Gasteiger partial charge in [-0.3, -0.25) is 0 Å². The predicted molar refractivity (Wildman–Crippen MR) is 62.1 cm³/mol. The highest BCUT2D eigenvalue weighted by Gasteiger charge is 2.31. The number of alkyl halides is 3. The van der Waals surface area contributed by atoms with Crippen LogP contribution in [0.5, 0.6) is 0 Å². The van der Waals surface area contributed by atoms with Gasteiger partial charge in [-0.05, 0) is 30.0 Å². The van der Waals surface area contributed by atoms with Crippen LogP contribution in [0.4, 0.5) is 13.2 Å². The van der Waals surface area contributed by atoms with Gasteiger partial charge in [0.15, 0.2) is 0 Å². The maximum Gasteiger partial charge on any atom is 0.416 e. The Bertz CT molecular complexity index is 377. The molecule has 0 amide bonds. The second kappa shape index (κ2) is 6.20. The van der Waals surface area contributed by atoms with E-state index in [4.69, 9.17) is 4.74 Å². The Labute approximate surface area is 104 Å². The van der Waals surface area contributed by atoms with Crippen LogP contribution in [0.15, 0.2) is 24.3 Å². The molecule has 0 aromatic heterocycles. The molecule has 0 bridgehead atoms. The van der Waals surface area contributed by atoms with Crippen molar-refractivity contribution in [3.8, 4) is 0 Å². The molecule has 0 saturated carbocycles. The van der Waals surface area contributed by atoms with E-state index in [-0.39, 0.29) is 11.5 Å². The molecule has 0 aliphatic carbocycles. The Kier molecular flexibility index (Phi) is 5.16. The third kappa shape index (κ3) is 3.99. The molecule has 1 aromatic carbocycles. The van der Waals surface area contributed by atoms with Crippen LogP contribution in [0.3, 0.4) is 0 Å². The quantitative estimate of drug-likeness (QED) is 0.881. The number of ether oxygens (including phenoxy) is 1. The number of benzene rings is 1. The zero-order chi connectivity index (χ0) is 13.8. The Balaban J connectivity index is 2.83. The minimum Gasteiger partial charge on any atom is -0.388 e. The highest BCUT2D eigenvalue weighted by Crippen LogP contribution is 2.32. The number of aliphatic hydroxyl groups excluding tert-OH is 1. The van der Waals surface area contributed by atoms with Gasteiger partial charge in [0.2, 0.25) is 0 Å². The van der Waals surface area contributed by atoms with Crippen molar-refractivity contribution < 1.29 is 23.0 Å². The molecule has 0 saturated heterocycles. The second-order valence-electron chi connectivity index (χ2n) is 4.33. The molecule has 0 heterocycles. The highest BCUT2D eigenvalue weighted by molar-refractivity contribution is 5.27. The minimum absolute atomic E-state index is 0.159. The molecule has 0 aliphatic rings. The first-order valence-corrected chi connectivity index (χ1v) is 5.70. The summed E-state index contributed by atoms with van der Waals surface area (Å²) in [5, 5.41) is 9.98. The molecule has 0 radical (unpaired) electrons. The zero-order valence-corrected chi connectivity index (χ0v) is 10.4. The molecule has 2 atom stereocenters. The van der Waals surface area contributed by atoms with Gasteiger partial charge in [0.05, 0.1) is 11.7 Å². The van der Waals surface area contributed by atoms with Gasteiger partial charge < -0.3 is 9.84 Å². The van der Waals surface area contributed by atoms with E-state index in [1.165, 1.54) is 12.1 Å². The van der Waals surface area contributed by atoms with Crippen molar-refractivity contribution in [3.63, 3.8) is 0 Å². The molecular weight excluding hydrogens is 245 g/mol. The Morgan fingerprint density at radius 2 is 2.00 bits per heavy atom. The fourth-order valence-corrected chi connectivity index (χ4v) is 1.69. The zero-order valence-electron chi connectivity index (χ0n) is 10.4. The van der Waals surface area contributed by atoms with E-state index in [0.717, 1.165) is 12.1 Å². The summed E-state index contributed by atoms with van der Waals surface area (Å²) in [6, 6.07) is 4.80. The molecule has 1 rings (SSSR count). The van der Waals surface area contributed by atoms with E-state index < -0.39 is 17.8 Å². The summed E-state index contributed by atoms with van der Waals surface area (Å²) in [4.78, 5) is 0. The fraction of sp³-hybridized carbons (Fsp3) is 0.538. The summed E-state index contributed by atoms with van der Waals surface area (Å²) < 4.78 is 42.5. The molecule has 2 unspecified atom stereocenters. The van der Waals surface area contributed by atoms with Gasteiger partial charge in [0, 0.05) is 13.7 Å². The second-order valence-corrected chi connectivity index (χ2v) is 4.33. The summed E-state index contributed by atoms with van der Waals surface area (Å²) in [5.74, 6) is -0.159. The summed E-state index contributed by atoms with van der Waals surface area (Å²) in [6.45, 7) is 2.25. The molecule has 0 fully saturated rings. The maximum absolute atomic E-state index is 12.5. The maximum atomic E-state index is 12.5. The first kappa shape index (κ1) is 15.0. The first-order chi connectivity index (χ1) is 8.36. The lowest BCUT2D eigenvalue weighted by Gasteiger charge is -2.19. The van der Waals surface area contributed by atoms with E-state index in [1.54, 1.807) is 14.0 Å². The van der Waals surface area contributed by atoms with E-state index in [9.17, 15) is 18.3 Å². The predicted octanol–water partition coefficient (Wildman–Crippen LogP) is 3.41. The van der Waals surface area contributed by atoms with Gasteiger partial charge in [-0.1, -0.05) is 19.1 Å². The van der Waals surface area contributed by atoms with E-state index in [1.807, 2.05) is 0 Å². The monoisotopic (exact) mass is 262 g/mol. The van der Waals surface area contributed by atoms with Gasteiger partial charge in [-0.15, -0.1) is 0 Å². The Morgan fingerprint density at radius 3 is 2.56 bits per heavy atom. The number of aliphatic hydroxyl groups is 1. The van der Waals surface area contributed by atoms with Crippen LogP contribution in [0.2, 0.25) is 0 Å². The lowest BCUT2D eigenvalue weighted by atomic mass is 9.94. The molecule has 1 N–H and O–H groups in total. The van der Waals surface area contributed by atoms with Crippen LogP contribution in [-0.4, -0.2) is 18.8 Å². The number of halogens is 3. The van der Waals surface area contributed by atoms with Crippen LogP contribution >= 0.6 is 0 Å². The van der Waals surface area contributed by atoms with Crippen molar-refractivity contribution in [2.75, 3.05) is 13.7 Å². The number of methoxy groups -OCH3 is 1. The van der Waals surface area contributed by atoms with E-state index in [2.05, 4.69) is 0 Å².